The number of pyridine rings is 1. The SMILES string of the molecule is COC(=O)c1cc(OC)c([N+](=O)[O-])c(OC(F)(F)F)n1. The summed E-state index contributed by atoms with van der Waals surface area (Å²) in [5, 5.41) is 10.8. The molecule has 110 valence electrons. The van der Waals surface area contributed by atoms with Crippen LogP contribution in [0, 0.1) is 10.1 Å². The second-order valence-corrected chi connectivity index (χ2v) is 3.16. The van der Waals surface area contributed by atoms with Crippen molar-refractivity contribution in [2.24, 2.45) is 0 Å². The lowest BCUT2D eigenvalue weighted by Gasteiger charge is -2.11. The Bertz CT molecular complexity index is 545. The van der Waals surface area contributed by atoms with Gasteiger partial charge in [0.2, 0.25) is 5.75 Å². The summed E-state index contributed by atoms with van der Waals surface area (Å²) in [5.41, 5.74) is -1.79. The molecule has 0 aromatic carbocycles. The van der Waals surface area contributed by atoms with Crippen LogP contribution in [0.15, 0.2) is 6.07 Å². The maximum atomic E-state index is 12.2. The summed E-state index contributed by atoms with van der Waals surface area (Å²) < 4.78 is 48.8. The van der Waals surface area contributed by atoms with Gasteiger partial charge in [-0.05, 0) is 0 Å². The van der Waals surface area contributed by atoms with Gasteiger partial charge in [-0.2, -0.15) is 4.98 Å². The zero-order valence-corrected chi connectivity index (χ0v) is 10.1. The summed E-state index contributed by atoms with van der Waals surface area (Å²) >= 11 is 0. The molecule has 1 aromatic heterocycles. The maximum absolute atomic E-state index is 12.2. The molecule has 0 aliphatic carbocycles. The second kappa shape index (κ2) is 5.59. The fraction of sp³-hybridized carbons (Fsp3) is 0.333. The normalized spacial score (nSPS) is 10.8. The standard InChI is InChI=1S/C9H7F3N2O6/c1-18-5-3-4(8(15)19-2)13-7(6(5)14(16)17)20-9(10,11)12/h3H,1-2H3. The van der Waals surface area contributed by atoms with Crippen LogP contribution in [0.5, 0.6) is 11.6 Å². The first kappa shape index (κ1) is 15.5. The zero-order chi connectivity index (χ0) is 15.5. The van der Waals surface area contributed by atoms with Crippen molar-refractivity contribution < 1.29 is 37.1 Å². The summed E-state index contributed by atoms with van der Waals surface area (Å²) in [6.07, 6.45) is -5.22. The highest BCUT2D eigenvalue weighted by Gasteiger charge is 2.38. The number of hydrogen-bond donors (Lipinski definition) is 0. The van der Waals surface area contributed by atoms with Gasteiger partial charge < -0.3 is 14.2 Å². The molecule has 0 saturated carbocycles. The lowest BCUT2D eigenvalue weighted by atomic mass is 10.3. The van der Waals surface area contributed by atoms with E-state index in [0.717, 1.165) is 20.3 Å². The number of nitrogens with zero attached hydrogens (tertiary/aromatic N) is 2. The van der Waals surface area contributed by atoms with Crippen molar-refractivity contribution in [1.29, 1.82) is 0 Å². The Labute approximate surface area is 109 Å². The molecule has 8 nitrogen and oxygen atoms in total. The molecule has 0 unspecified atom stereocenters. The minimum absolute atomic E-state index is 0.621. The van der Waals surface area contributed by atoms with Gasteiger partial charge in [0.15, 0.2) is 5.69 Å². The van der Waals surface area contributed by atoms with Crippen molar-refractivity contribution in [3.63, 3.8) is 0 Å². The number of rotatable bonds is 4. The Morgan fingerprint density at radius 1 is 1.40 bits per heavy atom. The van der Waals surface area contributed by atoms with Gasteiger partial charge in [0, 0.05) is 6.07 Å². The molecule has 0 saturated heterocycles. The van der Waals surface area contributed by atoms with Crippen LogP contribution in [0.1, 0.15) is 10.5 Å². The van der Waals surface area contributed by atoms with E-state index in [2.05, 4.69) is 19.2 Å². The third kappa shape index (κ3) is 3.46. The Balaban J connectivity index is 3.49. The largest absolute Gasteiger partial charge is 0.574 e. The number of esters is 1. The number of aromatic nitrogens is 1. The second-order valence-electron chi connectivity index (χ2n) is 3.16. The monoisotopic (exact) mass is 296 g/mol. The predicted molar refractivity (Wildman–Crippen MR) is 55.5 cm³/mol. The third-order valence-electron chi connectivity index (χ3n) is 1.94. The van der Waals surface area contributed by atoms with E-state index in [4.69, 9.17) is 0 Å². The van der Waals surface area contributed by atoms with Gasteiger partial charge in [-0.3, -0.25) is 10.1 Å². The van der Waals surface area contributed by atoms with Crippen LogP contribution >= 0.6 is 0 Å². The molecule has 1 aromatic rings. The molecule has 0 amide bonds. The topological polar surface area (TPSA) is 101 Å². The quantitative estimate of drug-likeness (QED) is 0.473. The lowest BCUT2D eigenvalue weighted by molar-refractivity contribution is -0.390. The number of halogens is 3. The van der Waals surface area contributed by atoms with Crippen LogP contribution in [0.2, 0.25) is 0 Å². The smallest absolute Gasteiger partial charge is 0.490 e. The summed E-state index contributed by atoms with van der Waals surface area (Å²) in [4.78, 5) is 23.9. The molecule has 0 atom stereocenters. The Hall–Kier alpha value is -2.59. The minimum Gasteiger partial charge on any atom is -0.490 e. The van der Waals surface area contributed by atoms with Crippen LogP contribution in [0.25, 0.3) is 0 Å². The van der Waals surface area contributed by atoms with E-state index in [0.29, 0.717) is 0 Å². The van der Waals surface area contributed by atoms with Crippen LogP contribution in [0.4, 0.5) is 18.9 Å². The van der Waals surface area contributed by atoms with E-state index in [1.54, 1.807) is 0 Å². The molecule has 0 bridgehead atoms. The van der Waals surface area contributed by atoms with Gasteiger partial charge in [-0.25, -0.2) is 4.79 Å². The summed E-state index contributed by atoms with van der Waals surface area (Å²) in [7, 11) is 1.93. The molecule has 1 heterocycles. The number of carbonyl (C=O) groups excluding carboxylic acids is 1. The number of ether oxygens (including phenoxy) is 3. The van der Waals surface area contributed by atoms with E-state index < -0.39 is 40.3 Å². The van der Waals surface area contributed by atoms with E-state index >= 15 is 0 Å². The van der Waals surface area contributed by atoms with Crippen molar-refractivity contribution in [3.05, 3.63) is 21.9 Å². The van der Waals surface area contributed by atoms with Crippen molar-refractivity contribution in [3.8, 4) is 11.6 Å². The van der Waals surface area contributed by atoms with E-state index in [9.17, 15) is 28.1 Å². The van der Waals surface area contributed by atoms with Gasteiger partial charge in [0.05, 0.1) is 19.1 Å². The molecule has 1 rings (SSSR count). The Kier molecular flexibility index (Phi) is 4.32. The number of alkyl halides is 3. The fourth-order valence-electron chi connectivity index (χ4n) is 1.21. The first-order chi connectivity index (χ1) is 9.19. The van der Waals surface area contributed by atoms with Gasteiger partial charge in [0.25, 0.3) is 0 Å². The fourth-order valence-corrected chi connectivity index (χ4v) is 1.21. The summed E-state index contributed by atoms with van der Waals surface area (Å²) in [6.45, 7) is 0. The molecular weight excluding hydrogens is 289 g/mol. The van der Waals surface area contributed by atoms with Crippen LogP contribution in [0.3, 0.4) is 0 Å². The van der Waals surface area contributed by atoms with E-state index in [-0.39, 0.29) is 0 Å². The van der Waals surface area contributed by atoms with Crippen molar-refractivity contribution in [2.45, 2.75) is 6.36 Å². The lowest BCUT2D eigenvalue weighted by Crippen LogP contribution is -2.20. The highest BCUT2D eigenvalue weighted by atomic mass is 19.4. The first-order valence-electron chi connectivity index (χ1n) is 4.77. The van der Waals surface area contributed by atoms with Crippen LogP contribution in [-0.2, 0) is 4.74 Å². The molecule has 0 spiro atoms. The molecular formula is C9H7F3N2O6. The van der Waals surface area contributed by atoms with Crippen LogP contribution < -0.4 is 9.47 Å². The van der Waals surface area contributed by atoms with Gasteiger partial charge in [0.1, 0.15) is 0 Å². The average molecular weight is 296 g/mol. The molecule has 0 radical (unpaired) electrons. The van der Waals surface area contributed by atoms with Gasteiger partial charge >= 0.3 is 23.9 Å². The highest BCUT2D eigenvalue weighted by Crippen LogP contribution is 2.38. The van der Waals surface area contributed by atoms with Crippen molar-refractivity contribution >= 4 is 11.7 Å². The molecule has 0 fully saturated rings. The number of hydrogen-bond acceptors (Lipinski definition) is 7. The number of methoxy groups -OCH3 is 2. The van der Waals surface area contributed by atoms with E-state index in [1.807, 2.05) is 0 Å². The minimum atomic E-state index is -5.22. The average Bonchev–Trinajstić information content (AvgIpc) is 2.34. The number of carbonyl (C=O) groups is 1. The van der Waals surface area contributed by atoms with Gasteiger partial charge in [-0.15, -0.1) is 13.2 Å². The Morgan fingerprint density at radius 3 is 2.40 bits per heavy atom. The molecule has 0 aliphatic heterocycles. The molecule has 11 heteroatoms. The van der Waals surface area contributed by atoms with E-state index in [1.165, 1.54) is 0 Å². The van der Waals surface area contributed by atoms with Crippen molar-refractivity contribution in [2.75, 3.05) is 14.2 Å². The zero-order valence-electron chi connectivity index (χ0n) is 10.1. The summed E-state index contributed by atoms with van der Waals surface area (Å²) in [5.74, 6) is -3.14. The maximum Gasteiger partial charge on any atom is 0.574 e. The predicted octanol–water partition coefficient (Wildman–Crippen LogP) is 1.68. The first-order valence-corrected chi connectivity index (χ1v) is 4.77. The molecule has 0 aliphatic rings. The van der Waals surface area contributed by atoms with Crippen LogP contribution in [-0.4, -0.2) is 36.5 Å². The third-order valence-corrected chi connectivity index (χ3v) is 1.94. The summed E-state index contributed by atoms with van der Waals surface area (Å²) in [6, 6.07) is 0.771. The van der Waals surface area contributed by atoms with Gasteiger partial charge in [-0.1, -0.05) is 0 Å². The van der Waals surface area contributed by atoms with Crippen molar-refractivity contribution in [1.82, 2.24) is 4.98 Å². The molecule has 0 N–H and O–H groups in total. The highest BCUT2D eigenvalue weighted by molar-refractivity contribution is 5.88. The number of nitro groups is 1. The molecule has 20 heavy (non-hydrogen) atoms. The Morgan fingerprint density at radius 2 is 2.00 bits per heavy atom.